The van der Waals surface area contributed by atoms with E-state index >= 15 is 0 Å². The van der Waals surface area contributed by atoms with Gasteiger partial charge in [-0.15, -0.1) is 11.8 Å². The third kappa shape index (κ3) is 7.66. The summed E-state index contributed by atoms with van der Waals surface area (Å²) in [6.07, 6.45) is 5.07. The fourth-order valence-corrected chi connectivity index (χ4v) is 5.28. The number of nitrogens with zero attached hydrogens (tertiary/aromatic N) is 2. The summed E-state index contributed by atoms with van der Waals surface area (Å²) in [5.74, 6) is 1.42. The van der Waals surface area contributed by atoms with E-state index in [0.29, 0.717) is 34.5 Å². The molecule has 1 saturated carbocycles. The highest BCUT2D eigenvalue weighted by molar-refractivity contribution is 8.00. The average Bonchev–Trinajstić information content (AvgIpc) is 3.54. The van der Waals surface area contributed by atoms with Gasteiger partial charge in [0.2, 0.25) is 11.8 Å². The van der Waals surface area contributed by atoms with Gasteiger partial charge in [-0.3, -0.25) is 19.3 Å². The summed E-state index contributed by atoms with van der Waals surface area (Å²) in [5, 5.41) is 9.55. The molecule has 3 amide bonds. The van der Waals surface area contributed by atoms with Crippen molar-refractivity contribution in [1.82, 2.24) is 10.5 Å². The standard InChI is InChI=1S/C28H34N4O6S/c1-18-12-13-23(37-18)27(28(35)29-20-8-5-4-6-9-20)32(21-10-7-11-22(15-21)36-3)26(34)17-39-16-25(33)30-24-14-19(2)38-31-24/h7,10-15,20,27H,4-6,8-9,16-17H2,1-3H3,(H,29,35)(H,30,31,33). The molecular formula is C28H34N4O6S. The Labute approximate surface area is 231 Å². The van der Waals surface area contributed by atoms with E-state index in [1.807, 2.05) is 0 Å². The number of aromatic nitrogens is 1. The van der Waals surface area contributed by atoms with E-state index < -0.39 is 6.04 Å². The van der Waals surface area contributed by atoms with Gasteiger partial charge in [0.05, 0.1) is 18.6 Å². The third-order valence-corrected chi connectivity index (χ3v) is 7.36. The fraction of sp³-hybridized carbons (Fsp3) is 0.429. The summed E-state index contributed by atoms with van der Waals surface area (Å²) in [7, 11) is 1.54. The first kappa shape index (κ1) is 28.3. The maximum atomic E-state index is 13.8. The number of carbonyl (C=O) groups is 3. The number of thioether (sulfide) groups is 1. The van der Waals surface area contributed by atoms with Crippen LogP contribution in [0.5, 0.6) is 5.75 Å². The Balaban J connectivity index is 1.56. The van der Waals surface area contributed by atoms with Crippen molar-refractivity contribution in [3.8, 4) is 5.75 Å². The molecule has 2 aromatic heterocycles. The lowest BCUT2D eigenvalue weighted by Gasteiger charge is -2.32. The van der Waals surface area contributed by atoms with Crippen molar-refractivity contribution in [3.63, 3.8) is 0 Å². The van der Waals surface area contributed by atoms with Gasteiger partial charge in [-0.25, -0.2) is 0 Å². The van der Waals surface area contributed by atoms with Crippen LogP contribution >= 0.6 is 11.8 Å². The van der Waals surface area contributed by atoms with E-state index in [1.54, 1.807) is 63.4 Å². The van der Waals surface area contributed by atoms with Gasteiger partial charge in [0.15, 0.2) is 11.9 Å². The molecule has 0 aliphatic heterocycles. The first-order valence-corrected chi connectivity index (χ1v) is 14.1. The van der Waals surface area contributed by atoms with Crippen LogP contribution in [0.15, 0.2) is 51.4 Å². The molecule has 11 heteroatoms. The molecular weight excluding hydrogens is 520 g/mol. The van der Waals surface area contributed by atoms with Gasteiger partial charge in [0, 0.05) is 23.9 Å². The Morgan fingerprint density at radius 2 is 1.87 bits per heavy atom. The number of amides is 3. The lowest BCUT2D eigenvalue weighted by Crippen LogP contribution is -2.47. The van der Waals surface area contributed by atoms with E-state index in [9.17, 15) is 14.4 Å². The van der Waals surface area contributed by atoms with Crippen LogP contribution in [0.3, 0.4) is 0 Å². The Hall–Kier alpha value is -3.73. The number of hydrogen-bond acceptors (Lipinski definition) is 8. The van der Waals surface area contributed by atoms with E-state index in [1.165, 1.54) is 4.90 Å². The summed E-state index contributed by atoms with van der Waals surface area (Å²) >= 11 is 1.14. The number of furan rings is 1. The van der Waals surface area contributed by atoms with Gasteiger partial charge in [0.25, 0.3) is 5.91 Å². The van der Waals surface area contributed by atoms with Crippen molar-refractivity contribution >= 4 is 41.0 Å². The van der Waals surface area contributed by atoms with Crippen molar-refractivity contribution in [2.24, 2.45) is 0 Å². The number of carbonyl (C=O) groups excluding carboxylic acids is 3. The Kier molecular flexibility index (Phi) is 9.69. The second-order valence-corrected chi connectivity index (χ2v) is 10.5. The number of nitrogens with one attached hydrogen (secondary N) is 2. The van der Waals surface area contributed by atoms with E-state index in [2.05, 4.69) is 15.8 Å². The van der Waals surface area contributed by atoms with E-state index in [-0.39, 0.29) is 35.3 Å². The molecule has 10 nitrogen and oxygen atoms in total. The molecule has 1 fully saturated rings. The summed E-state index contributed by atoms with van der Waals surface area (Å²) < 4.78 is 16.3. The minimum Gasteiger partial charge on any atom is -0.497 e. The Morgan fingerprint density at radius 3 is 2.54 bits per heavy atom. The van der Waals surface area contributed by atoms with Gasteiger partial charge in [-0.05, 0) is 51.0 Å². The number of aryl methyl sites for hydroxylation is 2. The van der Waals surface area contributed by atoms with Gasteiger partial charge in [-0.2, -0.15) is 0 Å². The zero-order chi connectivity index (χ0) is 27.8. The molecule has 4 rings (SSSR count). The van der Waals surface area contributed by atoms with Crippen molar-refractivity contribution < 1.29 is 28.1 Å². The molecule has 2 heterocycles. The van der Waals surface area contributed by atoms with Crippen LogP contribution < -0.4 is 20.3 Å². The van der Waals surface area contributed by atoms with Crippen molar-refractivity contribution in [2.75, 3.05) is 28.8 Å². The lowest BCUT2D eigenvalue weighted by molar-refractivity contribution is -0.127. The maximum absolute atomic E-state index is 13.8. The van der Waals surface area contributed by atoms with Crippen LogP contribution in [0.1, 0.15) is 55.4 Å². The lowest BCUT2D eigenvalue weighted by atomic mass is 9.95. The molecule has 0 saturated heterocycles. The molecule has 39 heavy (non-hydrogen) atoms. The minimum atomic E-state index is -1.03. The van der Waals surface area contributed by atoms with Crippen LogP contribution in [0.25, 0.3) is 0 Å². The first-order valence-electron chi connectivity index (χ1n) is 13.0. The van der Waals surface area contributed by atoms with Gasteiger partial charge in [0.1, 0.15) is 23.0 Å². The highest BCUT2D eigenvalue weighted by Crippen LogP contribution is 2.32. The summed E-state index contributed by atoms with van der Waals surface area (Å²) in [6, 6.07) is 11.1. The quantitative estimate of drug-likeness (QED) is 0.347. The smallest absolute Gasteiger partial charge is 0.251 e. The monoisotopic (exact) mass is 554 g/mol. The number of hydrogen-bond donors (Lipinski definition) is 2. The minimum absolute atomic E-state index is 0.0163. The molecule has 1 aromatic carbocycles. The molecule has 0 radical (unpaired) electrons. The highest BCUT2D eigenvalue weighted by atomic mass is 32.2. The topological polar surface area (TPSA) is 127 Å². The van der Waals surface area contributed by atoms with Crippen LogP contribution in [0.2, 0.25) is 0 Å². The summed E-state index contributed by atoms with van der Waals surface area (Å²) in [5.41, 5.74) is 0.486. The Morgan fingerprint density at radius 1 is 1.08 bits per heavy atom. The van der Waals surface area contributed by atoms with Crippen LogP contribution in [0, 0.1) is 13.8 Å². The number of rotatable bonds is 11. The zero-order valence-electron chi connectivity index (χ0n) is 22.4. The zero-order valence-corrected chi connectivity index (χ0v) is 23.2. The molecule has 208 valence electrons. The van der Waals surface area contributed by atoms with Crippen molar-refractivity contribution in [3.05, 3.63) is 59.7 Å². The molecule has 2 N–H and O–H groups in total. The SMILES string of the molecule is COc1cccc(N(C(=O)CSCC(=O)Nc2cc(C)on2)C(C(=O)NC2CCCCC2)c2ccc(C)o2)c1. The largest absolute Gasteiger partial charge is 0.497 e. The number of benzene rings is 1. The second kappa shape index (κ2) is 13.4. The van der Waals surface area contributed by atoms with Crippen LogP contribution in [-0.4, -0.2) is 47.5 Å². The average molecular weight is 555 g/mol. The molecule has 0 bridgehead atoms. The molecule has 3 aromatic rings. The highest BCUT2D eigenvalue weighted by Gasteiger charge is 2.36. The number of anilines is 2. The van der Waals surface area contributed by atoms with Crippen LogP contribution in [0.4, 0.5) is 11.5 Å². The second-order valence-electron chi connectivity index (χ2n) is 9.52. The molecule has 1 atom stereocenters. The van der Waals surface area contributed by atoms with Crippen molar-refractivity contribution in [1.29, 1.82) is 0 Å². The normalized spacial score (nSPS) is 14.4. The Bertz CT molecular complexity index is 1280. The van der Waals surface area contributed by atoms with Gasteiger partial charge < -0.3 is 24.3 Å². The maximum Gasteiger partial charge on any atom is 0.251 e. The molecule has 1 unspecified atom stereocenters. The predicted molar refractivity (Wildman–Crippen MR) is 149 cm³/mol. The summed E-state index contributed by atoms with van der Waals surface area (Å²) in [6.45, 7) is 3.52. The van der Waals surface area contributed by atoms with Gasteiger partial charge in [-0.1, -0.05) is 30.5 Å². The summed E-state index contributed by atoms with van der Waals surface area (Å²) in [4.78, 5) is 41.4. The van der Waals surface area contributed by atoms with Crippen LogP contribution in [-0.2, 0) is 14.4 Å². The molecule has 1 aliphatic carbocycles. The predicted octanol–water partition coefficient (Wildman–Crippen LogP) is 4.79. The van der Waals surface area contributed by atoms with E-state index in [0.717, 1.165) is 43.9 Å². The fourth-order valence-electron chi connectivity index (χ4n) is 4.60. The molecule has 1 aliphatic rings. The first-order chi connectivity index (χ1) is 18.8. The molecule has 0 spiro atoms. The van der Waals surface area contributed by atoms with E-state index in [4.69, 9.17) is 13.7 Å². The number of ether oxygens (including phenoxy) is 1. The van der Waals surface area contributed by atoms with Crippen molar-refractivity contribution in [2.45, 2.75) is 58.0 Å². The number of methoxy groups -OCH3 is 1. The van der Waals surface area contributed by atoms with Gasteiger partial charge >= 0.3 is 0 Å². The third-order valence-electron chi connectivity index (χ3n) is 6.44.